The van der Waals surface area contributed by atoms with Gasteiger partial charge in [0.25, 0.3) is 0 Å². The molecule has 0 spiro atoms. The number of hydrogen-bond acceptors (Lipinski definition) is 1. The van der Waals surface area contributed by atoms with E-state index in [1.807, 2.05) is 0 Å². The second kappa shape index (κ2) is 5.45. The first kappa shape index (κ1) is 13.6. The highest BCUT2D eigenvalue weighted by Gasteiger charge is 2.11. The minimum absolute atomic E-state index is 0.274. The molecule has 0 saturated carbocycles. The van der Waals surface area contributed by atoms with Crippen molar-refractivity contribution in [1.82, 2.24) is 5.32 Å². The molecule has 0 saturated heterocycles. The summed E-state index contributed by atoms with van der Waals surface area (Å²) < 4.78 is 40.5. The van der Waals surface area contributed by atoms with Gasteiger partial charge in [0.1, 0.15) is 17.5 Å². The van der Waals surface area contributed by atoms with Crippen molar-refractivity contribution < 1.29 is 13.2 Å². The van der Waals surface area contributed by atoms with Crippen LogP contribution in [0.1, 0.15) is 11.1 Å². The summed E-state index contributed by atoms with van der Waals surface area (Å²) in [7, 11) is 1.70. The van der Waals surface area contributed by atoms with Crippen molar-refractivity contribution in [1.29, 1.82) is 0 Å². The van der Waals surface area contributed by atoms with E-state index in [1.165, 1.54) is 18.2 Å². The topological polar surface area (TPSA) is 12.0 Å². The van der Waals surface area contributed by atoms with Gasteiger partial charge in [-0.1, -0.05) is 6.07 Å². The maximum atomic E-state index is 13.8. The smallest absolute Gasteiger partial charge is 0.133 e. The highest BCUT2D eigenvalue weighted by atomic mass is 19.1. The van der Waals surface area contributed by atoms with Crippen molar-refractivity contribution >= 4 is 0 Å². The first-order valence-corrected chi connectivity index (χ1v) is 5.92. The Morgan fingerprint density at radius 3 is 2.37 bits per heavy atom. The molecule has 1 nitrogen and oxygen atoms in total. The van der Waals surface area contributed by atoms with Crippen molar-refractivity contribution in [3.63, 3.8) is 0 Å². The molecular weight excluding hydrogens is 251 g/mol. The van der Waals surface area contributed by atoms with Crippen molar-refractivity contribution in [3.8, 4) is 11.1 Å². The fraction of sp³-hybridized carbons (Fsp3) is 0.200. The maximum Gasteiger partial charge on any atom is 0.133 e. The predicted octanol–water partition coefficient (Wildman–Crippen LogP) is 3.80. The molecule has 0 fully saturated rings. The normalized spacial score (nSPS) is 10.8. The second-order valence-electron chi connectivity index (χ2n) is 4.42. The summed E-state index contributed by atoms with van der Waals surface area (Å²) in [6.45, 7) is 1.91. The van der Waals surface area contributed by atoms with Crippen molar-refractivity contribution in [2.75, 3.05) is 7.05 Å². The summed E-state index contributed by atoms with van der Waals surface area (Å²) in [6, 6.07) is 6.64. The molecule has 2 aromatic carbocycles. The molecule has 0 heterocycles. The Morgan fingerprint density at radius 1 is 0.947 bits per heavy atom. The van der Waals surface area contributed by atoms with E-state index in [0.717, 1.165) is 6.07 Å². The molecule has 0 unspecified atom stereocenters. The summed E-state index contributed by atoms with van der Waals surface area (Å²) in [6.07, 6.45) is 0. The Morgan fingerprint density at radius 2 is 1.68 bits per heavy atom. The standard InChI is InChI=1S/C15H14F3N/c1-9-5-12(15(18)7-14(9)17)10-3-4-13(16)11(6-10)8-19-2/h3-7,19H,8H2,1-2H3. The lowest BCUT2D eigenvalue weighted by molar-refractivity contribution is 0.579. The van der Waals surface area contributed by atoms with Crippen LogP contribution in [0.3, 0.4) is 0 Å². The Hall–Kier alpha value is -1.81. The zero-order valence-electron chi connectivity index (χ0n) is 10.7. The van der Waals surface area contributed by atoms with Crippen LogP contribution < -0.4 is 5.32 Å². The maximum absolute atomic E-state index is 13.8. The van der Waals surface area contributed by atoms with Gasteiger partial charge in [0, 0.05) is 23.7 Å². The average molecular weight is 265 g/mol. The zero-order chi connectivity index (χ0) is 14.0. The van der Waals surface area contributed by atoms with Gasteiger partial charge < -0.3 is 5.32 Å². The van der Waals surface area contributed by atoms with Gasteiger partial charge in [-0.2, -0.15) is 0 Å². The van der Waals surface area contributed by atoms with Crippen LogP contribution in [0.2, 0.25) is 0 Å². The number of hydrogen-bond donors (Lipinski definition) is 1. The Bertz CT molecular complexity index is 609. The molecule has 0 aliphatic heterocycles. The largest absolute Gasteiger partial charge is 0.316 e. The predicted molar refractivity (Wildman–Crippen MR) is 69.3 cm³/mol. The average Bonchev–Trinajstić information content (AvgIpc) is 2.37. The molecule has 0 radical (unpaired) electrons. The van der Waals surface area contributed by atoms with Gasteiger partial charge in [-0.25, -0.2) is 13.2 Å². The summed E-state index contributed by atoms with van der Waals surface area (Å²) in [4.78, 5) is 0. The third-order valence-corrected chi connectivity index (χ3v) is 2.97. The molecule has 19 heavy (non-hydrogen) atoms. The van der Waals surface area contributed by atoms with Crippen LogP contribution >= 0.6 is 0 Å². The Kier molecular flexibility index (Phi) is 3.90. The lowest BCUT2D eigenvalue weighted by atomic mass is 10.00. The lowest BCUT2D eigenvalue weighted by Gasteiger charge is -2.09. The summed E-state index contributed by atoms with van der Waals surface area (Å²) >= 11 is 0. The molecule has 0 aromatic heterocycles. The molecule has 1 N–H and O–H groups in total. The van der Waals surface area contributed by atoms with Crippen molar-refractivity contribution in [3.05, 3.63) is 58.9 Å². The highest BCUT2D eigenvalue weighted by Crippen LogP contribution is 2.27. The van der Waals surface area contributed by atoms with Crippen LogP contribution in [0.4, 0.5) is 13.2 Å². The van der Waals surface area contributed by atoms with Gasteiger partial charge in [0.05, 0.1) is 0 Å². The molecule has 4 heteroatoms. The van der Waals surface area contributed by atoms with E-state index < -0.39 is 11.6 Å². The summed E-state index contributed by atoms with van der Waals surface area (Å²) in [5.74, 6) is -1.58. The fourth-order valence-electron chi connectivity index (χ4n) is 1.95. The van der Waals surface area contributed by atoms with Gasteiger partial charge in [-0.05, 0) is 43.3 Å². The molecular formula is C15H14F3N. The third-order valence-electron chi connectivity index (χ3n) is 2.97. The van der Waals surface area contributed by atoms with Crippen LogP contribution in [0.25, 0.3) is 11.1 Å². The first-order chi connectivity index (χ1) is 9.02. The van der Waals surface area contributed by atoms with Gasteiger partial charge in [0.2, 0.25) is 0 Å². The van der Waals surface area contributed by atoms with Gasteiger partial charge >= 0.3 is 0 Å². The SMILES string of the molecule is CNCc1cc(-c2cc(C)c(F)cc2F)ccc1F. The number of benzene rings is 2. The van der Waals surface area contributed by atoms with Crippen molar-refractivity contribution in [2.24, 2.45) is 0 Å². The molecule has 0 aliphatic rings. The minimum atomic E-state index is -0.648. The van der Waals surface area contributed by atoms with E-state index in [2.05, 4.69) is 5.32 Å². The number of nitrogens with one attached hydrogen (secondary N) is 1. The number of aryl methyl sites for hydroxylation is 1. The van der Waals surface area contributed by atoms with Gasteiger partial charge in [-0.15, -0.1) is 0 Å². The molecule has 0 amide bonds. The molecule has 100 valence electrons. The molecule has 0 bridgehead atoms. The minimum Gasteiger partial charge on any atom is -0.316 e. The van der Waals surface area contributed by atoms with Crippen LogP contribution in [-0.4, -0.2) is 7.05 Å². The quantitative estimate of drug-likeness (QED) is 0.890. The number of rotatable bonds is 3. The Balaban J connectivity index is 2.53. The molecule has 2 aromatic rings. The van der Waals surface area contributed by atoms with E-state index >= 15 is 0 Å². The molecule has 0 aliphatic carbocycles. The summed E-state index contributed by atoms with van der Waals surface area (Å²) in [5.41, 5.74) is 1.61. The third kappa shape index (κ3) is 2.79. The van der Waals surface area contributed by atoms with Crippen LogP contribution in [0.5, 0.6) is 0 Å². The van der Waals surface area contributed by atoms with Crippen LogP contribution in [0.15, 0.2) is 30.3 Å². The van der Waals surface area contributed by atoms with Crippen LogP contribution in [-0.2, 0) is 6.54 Å². The Labute approximate surface area is 110 Å². The van der Waals surface area contributed by atoms with E-state index in [0.29, 0.717) is 23.2 Å². The molecule has 2 rings (SSSR count). The van der Waals surface area contributed by atoms with E-state index in [1.54, 1.807) is 20.0 Å². The van der Waals surface area contributed by atoms with Crippen LogP contribution in [0, 0.1) is 24.4 Å². The van der Waals surface area contributed by atoms with E-state index in [9.17, 15) is 13.2 Å². The summed E-state index contributed by atoms with van der Waals surface area (Å²) in [5, 5.41) is 2.84. The molecule has 0 atom stereocenters. The van der Waals surface area contributed by atoms with Crippen molar-refractivity contribution in [2.45, 2.75) is 13.5 Å². The van der Waals surface area contributed by atoms with E-state index in [-0.39, 0.29) is 11.4 Å². The number of halogens is 3. The zero-order valence-corrected chi connectivity index (χ0v) is 10.7. The van der Waals surface area contributed by atoms with Gasteiger partial charge in [-0.3, -0.25) is 0 Å². The monoisotopic (exact) mass is 265 g/mol. The second-order valence-corrected chi connectivity index (χ2v) is 4.42. The van der Waals surface area contributed by atoms with Gasteiger partial charge in [0.15, 0.2) is 0 Å². The van der Waals surface area contributed by atoms with E-state index in [4.69, 9.17) is 0 Å². The highest BCUT2D eigenvalue weighted by molar-refractivity contribution is 5.66. The lowest BCUT2D eigenvalue weighted by Crippen LogP contribution is -2.07. The fourth-order valence-corrected chi connectivity index (χ4v) is 1.95. The first-order valence-electron chi connectivity index (χ1n) is 5.92.